The lowest BCUT2D eigenvalue weighted by Crippen LogP contribution is -2.67. The fourth-order valence-corrected chi connectivity index (χ4v) is 4.51. The van der Waals surface area contributed by atoms with Gasteiger partial charge in [-0.15, -0.1) is 0 Å². The summed E-state index contributed by atoms with van der Waals surface area (Å²) in [5.74, 6) is 2.49. The molecular formula is C22H35N3O2. The van der Waals surface area contributed by atoms with Crippen molar-refractivity contribution in [1.82, 2.24) is 10.6 Å². The number of nitrogens with one attached hydrogen (secondary N) is 2. The lowest BCUT2D eigenvalue weighted by atomic mass is 9.57. The average molecular weight is 374 g/mol. The largest absolute Gasteiger partial charge is 0.497 e. The first kappa shape index (κ1) is 20.0. The molecule has 150 valence electrons. The van der Waals surface area contributed by atoms with Crippen molar-refractivity contribution in [3.63, 3.8) is 0 Å². The molecule has 1 saturated carbocycles. The normalized spacial score (nSPS) is 26.2. The topological polar surface area (TPSA) is 54.9 Å². The zero-order valence-electron chi connectivity index (χ0n) is 17.3. The first-order valence-electron chi connectivity index (χ1n) is 10.4. The number of nitrogens with zero attached hydrogens (tertiary/aromatic N) is 1. The highest BCUT2D eigenvalue weighted by Gasteiger charge is 2.59. The van der Waals surface area contributed by atoms with Crippen molar-refractivity contribution >= 4 is 5.96 Å². The van der Waals surface area contributed by atoms with Gasteiger partial charge in [-0.2, -0.15) is 0 Å². The van der Waals surface area contributed by atoms with Crippen LogP contribution in [0, 0.1) is 11.3 Å². The van der Waals surface area contributed by atoms with Gasteiger partial charge >= 0.3 is 0 Å². The number of hydrogen-bond donors (Lipinski definition) is 2. The summed E-state index contributed by atoms with van der Waals surface area (Å²) in [5, 5.41) is 7.09. The van der Waals surface area contributed by atoms with Crippen LogP contribution in [0.5, 0.6) is 5.75 Å². The number of aliphatic imine (C=N–C) groups is 1. The molecule has 2 fully saturated rings. The molecule has 5 heteroatoms. The van der Waals surface area contributed by atoms with Crippen LogP contribution in [0.15, 0.2) is 29.3 Å². The lowest BCUT2D eigenvalue weighted by Gasteiger charge is -2.54. The SMILES string of the molecule is CCNC(=NCCCCc1ccc(OC)cc1)NC1C2CCOC2C1(C)C. The fourth-order valence-electron chi connectivity index (χ4n) is 4.51. The number of hydrogen-bond acceptors (Lipinski definition) is 3. The van der Waals surface area contributed by atoms with E-state index in [9.17, 15) is 0 Å². The second kappa shape index (κ2) is 8.96. The Morgan fingerprint density at radius 3 is 2.74 bits per heavy atom. The number of benzene rings is 1. The third kappa shape index (κ3) is 4.57. The molecule has 1 aromatic carbocycles. The first-order chi connectivity index (χ1) is 13.1. The lowest BCUT2D eigenvalue weighted by molar-refractivity contribution is -0.106. The van der Waals surface area contributed by atoms with Gasteiger partial charge < -0.3 is 20.1 Å². The van der Waals surface area contributed by atoms with Gasteiger partial charge in [0.05, 0.1) is 13.2 Å². The average Bonchev–Trinajstić information content (AvgIpc) is 3.13. The molecule has 1 aliphatic heterocycles. The number of unbranched alkanes of at least 4 members (excludes halogenated alkanes) is 1. The van der Waals surface area contributed by atoms with Crippen LogP contribution in [-0.2, 0) is 11.2 Å². The van der Waals surface area contributed by atoms with Gasteiger partial charge in [0.25, 0.3) is 0 Å². The van der Waals surface area contributed by atoms with E-state index in [0.717, 1.165) is 57.1 Å². The summed E-state index contributed by atoms with van der Waals surface area (Å²) in [4.78, 5) is 4.81. The number of fused-ring (bicyclic) bond motifs is 1. The smallest absolute Gasteiger partial charge is 0.191 e. The number of guanidine groups is 1. The molecule has 0 aromatic heterocycles. The van der Waals surface area contributed by atoms with Gasteiger partial charge in [-0.1, -0.05) is 26.0 Å². The van der Waals surface area contributed by atoms with E-state index in [1.165, 1.54) is 5.56 Å². The first-order valence-corrected chi connectivity index (χ1v) is 10.4. The summed E-state index contributed by atoms with van der Waals surface area (Å²) in [7, 11) is 1.70. The maximum atomic E-state index is 5.90. The summed E-state index contributed by atoms with van der Waals surface area (Å²) < 4.78 is 11.1. The summed E-state index contributed by atoms with van der Waals surface area (Å²) in [5.41, 5.74) is 1.53. The highest BCUT2D eigenvalue weighted by molar-refractivity contribution is 5.80. The Bertz CT molecular complexity index is 627. The molecule has 27 heavy (non-hydrogen) atoms. The van der Waals surface area contributed by atoms with Crippen LogP contribution in [0.2, 0.25) is 0 Å². The molecule has 0 bridgehead atoms. The maximum Gasteiger partial charge on any atom is 0.191 e. The standard InChI is InChI=1S/C22H35N3O2/c1-5-23-21(25-19-18-13-15-27-20(18)22(19,2)3)24-14-7-6-8-16-9-11-17(26-4)12-10-16/h9-12,18-20H,5-8,13-15H2,1-4H3,(H2,23,24,25). The molecule has 3 rings (SSSR count). The van der Waals surface area contributed by atoms with Gasteiger partial charge in [0.1, 0.15) is 5.75 Å². The number of rotatable bonds is 8. The molecular weight excluding hydrogens is 338 g/mol. The van der Waals surface area contributed by atoms with Gasteiger partial charge in [0, 0.05) is 37.1 Å². The number of ether oxygens (including phenoxy) is 2. The number of aryl methyl sites for hydroxylation is 1. The van der Waals surface area contributed by atoms with Crippen molar-refractivity contribution in [3.05, 3.63) is 29.8 Å². The molecule has 2 aliphatic rings. The van der Waals surface area contributed by atoms with Gasteiger partial charge in [0.2, 0.25) is 0 Å². The van der Waals surface area contributed by atoms with Crippen LogP contribution in [0.4, 0.5) is 0 Å². The van der Waals surface area contributed by atoms with Gasteiger partial charge in [-0.3, -0.25) is 4.99 Å². The predicted molar refractivity (Wildman–Crippen MR) is 110 cm³/mol. The van der Waals surface area contributed by atoms with Crippen LogP contribution in [-0.4, -0.2) is 44.9 Å². The third-order valence-electron chi connectivity index (χ3n) is 6.04. The van der Waals surface area contributed by atoms with Crippen LogP contribution in [0.3, 0.4) is 0 Å². The minimum absolute atomic E-state index is 0.172. The van der Waals surface area contributed by atoms with Crippen molar-refractivity contribution in [2.45, 2.75) is 58.6 Å². The van der Waals surface area contributed by atoms with Crippen molar-refractivity contribution < 1.29 is 9.47 Å². The van der Waals surface area contributed by atoms with E-state index in [4.69, 9.17) is 14.5 Å². The summed E-state index contributed by atoms with van der Waals surface area (Å²) in [6.45, 7) is 9.36. The van der Waals surface area contributed by atoms with Crippen LogP contribution >= 0.6 is 0 Å². The minimum atomic E-state index is 0.172. The Hall–Kier alpha value is -1.75. The molecule has 1 aliphatic carbocycles. The fraction of sp³-hybridized carbons (Fsp3) is 0.682. The highest BCUT2D eigenvalue weighted by Crippen LogP contribution is 2.52. The van der Waals surface area contributed by atoms with E-state index >= 15 is 0 Å². The highest BCUT2D eigenvalue weighted by atomic mass is 16.5. The van der Waals surface area contributed by atoms with E-state index in [-0.39, 0.29) is 5.41 Å². The molecule has 1 heterocycles. The molecule has 1 aromatic rings. The Kier molecular flexibility index (Phi) is 6.64. The molecule has 3 unspecified atom stereocenters. The Morgan fingerprint density at radius 1 is 1.26 bits per heavy atom. The maximum absolute atomic E-state index is 5.90. The zero-order chi connectivity index (χ0) is 19.3. The second-order valence-electron chi connectivity index (χ2n) is 8.25. The van der Waals surface area contributed by atoms with Crippen LogP contribution in [0.1, 0.15) is 45.6 Å². The van der Waals surface area contributed by atoms with E-state index in [1.807, 2.05) is 12.1 Å². The quantitative estimate of drug-likeness (QED) is 0.417. The minimum Gasteiger partial charge on any atom is -0.497 e. The monoisotopic (exact) mass is 373 g/mol. The van der Waals surface area contributed by atoms with Crippen molar-refractivity contribution in [1.29, 1.82) is 0 Å². The van der Waals surface area contributed by atoms with Gasteiger partial charge in [0.15, 0.2) is 5.96 Å². The van der Waals surface area contributed by atoms with E-state index in [2.05, 4.69) is 43.5 Å². The van der Waals surface area contributed by atoms with Crippen molar-refractivity contribution in [3.8, 4) is 5.75 Å². The van der Waals surface area contributed by atoms with E-state index < -0.39 is 0 Å². The molecule has 3 atom stereocenters. The van der Waals surface area contributed by atoms with Crippen LogP contribution in [0.25, 0.3) is 0 Å². The van der Waals surface area contributed by atoms with Gasteiger partial charge in [-0.25, -0.2) is 0 Å². The molecule has 5 nitrogen and oxygen atoms in total. The number of methoxy groups -OCH3 is 1. The predicted octanol–water partition coefficient (Wildman–Crippen LogP) is 3.39. The Balaban J connectivity index is 1.44. The summed E-state index contributed by atoms with van der Waals surface area (Å²) >= 11 is 0. The molecule has 2 N–H and O–H groups in total. The Labute approximate surface area is 163 Å². The summed E-state index contributed by atoms with van der Waals surface area (Å²) in [6.07, 6.45) is 4.88. The Morgan fingerprint density at radius 2 is 2.04 bits per heavy atom. The van der Waals surface area contributed by atoms with E-state index in [1.54, 1.807) is 7.11 Å². The third-order valence-corrected chi connectivity index (χ3v) is 6.04. The molecule has 0 radical (unpaired) electrons. The molecule has 0 spiro atoms. The second-order valence-corrected chi connectivity index (χ2v) is 8.25. The van der Waals surface area contributed by atoms with Crippen molar-refractivity contribution in [2.75, 3.05) is 26.8 Å². The molecule has 1 saturated heterocycles. The van der Waals surface area contributed by atoms with Crippen molar-refractivity contribution in [2.24, 2.45) is 16.3 Å². The van der Waals surface area contributed by atoms with E-state index in [0.29, 0.717) is 18.1 Å². The van der Waals surface area contributed by atoms with Gasteiger partial charge in [-0.05, 0) is 50.3 Å². The van der Waals surface area contributed by atoms with Crippen LogP contribution < -0.4 is 15.4 Å². The molecule has 0 amide bonds. The summed E-state index contributed by atoms with van der Waals surface area (Å²) in [6, 6.07) is 8.79. The zero-order valence-corrected chi connectivity index (χ0v) is 17.3.